The molecule has 0 saturated heterocycles. The summed E-state index contributed by atoms with van der Waals surface area (Å²) in [4.78, 5) is 17.3. The summed E-state index contributed by atoms with van der Waals surface area (Å²) in [5.74, 6) is 0.233. The van der Waals surface area contributed by atoms with E-state index in [9.17, 15) is 4.79 Å². The van der Waals surface area contributed by atoms with Gasteiger partial charge in [-0.1, -0.05) is 39.7 Å². The quantitative estimate of drug-likeness (QED) is 0.370. The van der Waals surface area contributed by atoms with Crippen molar-refractivity contribution in [1.82, 2.24) is 4.98 Å². The molecule has 6 heteroatoms. The normalized spacial score (nSPS) is 11.0. The Morgan fingerprint density at radius 3 is 2.71 bits per heavy atom. The van der Waals surface area contributed by atoms with Crippen molar-refractivity contribution in [1.29, 1.82) is 0 Å². The van der Waals surface area contributed by atoms with Gasteiger partial charge in [-0.2, -0.15) is 0 Å². The van der Waals surface area contributed by atoms with Crippen molar-refractivity contribution in [2.45, 2.75) is 13.8 Å². The Bertz CT molecular complexity index is 1220. The molecule has 28 heavy (non-hydrogen) atoms. The average molecular weight is 456 g/mol. The van der Waals surface area contributed by atoms with E-state index in [-0.39, 0.29) is 5.91 Å². The van der Waals surface area contributed by atoms with Crippen LogP contribution in [-0.4, -0.2) is 10.9 Å². The number of aromatic nitrogens is 1. The van der Waals surface area contributed by atoms with Crippen molar-refractivity contribution in [2.24, 2.45) is 0 Å². The number of aryl methyl sites for hydroxylation is 2. The van der Waals surface area contributed by atoms with E-state index in [2.05, 4.69) is 26.2 Å². The second-order valence-electron chi connectivity index (χ2n) is 6.60. The summed E-state index contributed by atoms with van der Waals surface area (Å²) < 4.78 is 6.66. The van der Waals surface area contributed by atoms with E-state index < -0.39 is 0 Å². The van der Waals surface area contributed by atoms with Crippen molar-refractivity contribution in [3.05, 3.63) is 80.8 Å². The molecule has 0 bridgehead atoms. The molecule has 0 saturated carbocycles. The van der Waals surface area contributed by atoms with Crippen LogP contribution in [0, 0.1) is 13.8 Å². The molecule has 1 aromatic heterocycles. The van der Waals surface area contributed by atoms with Crippen LogP contribution in [0.5, 0.6) is 0 Å². The van der Waals surface area contributed by atoms with E-state index >= 15 is 0 Å². The van der Waals surface area contributed by atoms with E-state index in [0.717, 1.165) is 32.3 Å². The first-order valence-electron chi connectivity index (χ1n) is 8.65. The lowest BCUT2D eigenvalue weighted by Gasteiger charge is -2.11. The summed E-state index contributed by atoms with van der Waals surface area (Å²) in [6.07, 6.45) is 0. The number of oxazole rings is 1. The summed E-state index contributed by atoms with van der Waals surface area (Å²) in [5, 5.41) is 3.33. The predicted octanol–water partition coefficient (Wildman–Crippen LogP) is 6.78. The maximum atomic E-state index is 12.7. The highest BCUT2D eigenvalue weighted by atomic mass is 79.9. The first-order valence-corrected chi connectivity index (χ1v) is 9.82. The standard InChI is InChI=1S/C22H16BrClN2O2/c1-12-3-8-20-19(9-12)26-22(28-20)14-5-4-13(2)18(10-14)25-21(27)16-11-15(23)6-7-17(16)24/h3-11H,1-2H3,(H,25,27). The van der Waals surface area contributed by atoms with Gasteiger partial charge in [0.2, 0.25) is 5.89 Å². The van der Waals surface area contributed by atoms with Crippen molar-refractivity contribution in [3.8, 4) is 11.5 Å². The summed E-state index contributed by atoms with van der Waals surface area (Å²) in [6, 6.07) is 16.8. The lowest BCUT2D eigenvalue weighted by Crippen LogP contribution is -2.13. The van der Waals surface area contributed by atoms with E-state index in [4.69, 9.17) is 16.0 Å². The monoisotopic (exact) mass is 454 g/mol. The number of nitrogens with zero attached hydrogens (tertiary/aromatic N) is 1. The topological polar surface area (TPSA) is 55.1 Å². The van der Waals surface area contributed by atoms with Crippen LogP contribution in [0.15, 0.2) is 63.5 Å². The molecule has 0 unspecified atom stereocenters. The van der Waals surface area contributed by atoms with Gasteiger partial charge in [0.15, 0.2) is 5.58 Å². The molecule has 4 nitrogen and oxygen atoms in total. The number of rotatable bonds is 3. The van der Waals surface area contributed by atoms with Crippen molar-refractivity contribution >= 4 is 50.2 Å². The average Bonchev–Trinajstić information content (AvgIpc) is 3.08. The number of hydrogen-bond donors (Lipinski definition) is 1. The zero-order valence-corrected chi connectivity index (χ0v) is 17.6. The lowest BCUT2D eigenvalue weighted by atomic mass is 10.1. The van der Waals surface area contributed by atoms with Crippen LogP contribution in [0.3, 0.4) is 0 Å². The Labute approximate surface area is 175 Å². The summed E-state index contributed by atoms with van der Waals surface area (Å²) in [6.45, 7) is 3.94. The van der Waals surface area contributed by atoms with Gasteiger partial charge in [0.05, 0.1) is 10.6 Å². The van der Waals surface area contributed by atoms with Crippen LogP contribution < -0.4 is 5.32 Å². The number of halogens is 2. The number of fused-ring (bicyclic) bond motifs is 1. The zero-order chi connectivity index (χ0) is 19.8. The lowest BCUT2D eigenvalue weighted by molar-refractivity contribution is 0.102. The van der Waals surface area contributed by atoms with Crippen LogP contribution in [0.2, 0.25) is 5.02 Å². The van der Waals surface area contributed by atoms with Gasteiger partial charge in [0.25, 0.3) is 5.91 Å². The van der Waals surface area contributed by atoms with Crippen LogP contribution >= 0.6 is 27.5 Å². The molecule has 0 spiro atoms. The predicted molar refractivity (Wildman–Crippen MR) is 116 cm³/mol. The summed E-state index contributed by atoms with van der Waals surface area (Å²) in [7, 11) is 0. The molecule has 1 amide bonds. The van der Waals surface area contributed by atoms with Crippen molar-refractivity contribution in [3.63, 3.8) is 0 Å². The number of anilines is 1. The number of carbonyl (C=O) groups excluding carboxylic acids is 1. The number of nitrogens with one attached hydrogen (secondary N) is 1. The van der Waals surface area contributed by atoms with Crippen molar-refractivity contribution in [2.75, 3.05) is 5.32 Å². The van der Waals surface area contributed by atoms with Crippen molar-refractivity contribution < 1.29 is 9.21 Å². The molecule has 0 atom stereocenters. The maximum Gasteiger partial charge on any atom is 0.257 e. The molecule has 4 rings (SSSR count). The molecule has 140 valence electrons. The van der Waals surface area contributed by atoms with Gasteiger partial charge in [0.1, 0.15) is 5.52 Å². The van der Waals surface area contributed by atoms with Gasteiger partial charge < -0.3 is 9.73 Å². The minimum atomic E-state index is -0.278. The molecular weight excluding hydrogens is 440 g/mol. The number of benzene rings is 3. The minimum absolute atomic E-state index is 0.278. The molecule has 0 fully saturated rings. The van der Waals surface area contributed by atoms with Gasteiger partial charge in [-0.3, -0.25) is 4.79 Å². The Morgan fingerprint density at radius 1 is 1.07 bits per heavy atom. The Kier molecular flexibility index (Phi) is 4.96. The molecule has 1 N–H and O–H groups in total. The molecule has 0 aliphatic rings. The zero-order valence-electron chi connectivity index (χ0n) is 15.2. The van der Waals surface area contributed by atoms with Gasteiger partial charge >= 0.3 is 0 Å². The first-order chi connectivity index (χ1) is 13.4. The Balaban J connectivity index is 1.68. The molecular formula is C22H16BrClN2O2. The van der Waals surface area contributed by atoms with Gasteiger partial charge in [-0.25, -0.2) is 4.98 Å². The van der Waals surface area contributed by atoms with E-state index in [1.165, 1.54) is 0 Å². The molecule has 3 aromatic carbocycles. The second-order valence-corrected chi connectivity index (χ2v) is 7.92. The third-order valence-electron chi connectivity index (χ3n) is 4.45. The van der Waals surface area contributed by atoms with Crippen LogP contribution in [0.25, 0.3) is 22.6 Å². The highest BCUT2D eigenvalue weighted by Crippen LogP contribution is 2.29. The van der Waals surface area contributed by atoms with Crippen LogP contribution in [-0.2, 0) is 0 Å². The largest absolute Gasteiger partial charge is 0.436 e. The molecule has 1 heterocycles. The fraction of sp³-hybridized carbons (Fsp3) is 0.0909. The summed E-state index contributed by atoms with van der Waals surface area (Å²) >= 11 is 9.54. The highest BCUT2D eigenvalue weighted by molar-refractivity contribution is 9.10. The number of amides is 1. The highest BCUT2D eigenvalue weighted by Gasteiger charge is 2.15. The van der Waals surface area contributed by atoms with E-state index in [1.807, 2.05) is 50.2 Å². The Hall–Kier alpha value is -2.63. The Morgan fingerprint density at radius 2 is 1.89 bits per heavy atom. The third kappa shape index (κ3) is 3.68. The fourth-order valence-electron chi connectivity index (χ4n) is 2.91. The minimum Gasteiger partial charge on any atom is -0.436 e. The third-order valence-corrected chi connectivity index (χ3v) is 5.27. The van der Waals surface area contributed by atoms with E-state index in [0.29, 0.717) is 22.2 Å². The number of carbonyl (C=O) groups is 1. The first kappa shape index (κ1) is 18.7. The molecule has 0 radical (unpaired) electrons. The van der Waals surface area contributed by atoms with Gasteiger partial charge in [-0.05, 0) is 67.4 Å². The van der Waals surface area contributed by atoms with Crippen LogP contribution in [0.1, 0.15) is 21.5 Å². The SMILES string of the molecule is Cc1ccc2oc(-c3ccc(C)c(NC(=O)c4cc(Br)ccc4Cl)c3)nc2c1. The maximum absolute atomic E-state index is 12.7. The smallest absolute Gasteiger partial charge is 0.257 e. The van der Waals surface area contributed by atoms with E-state index in [1.54, 1.807) is 18.2 Å². The second kappa shape index (κ2) is 7.41. The van der Waals surface area contributed by atoms with Gasteiger partial charge in [0, 0.05) is 15.7 Å². The number of hydrogen-bond acceptors (Lipinski definition) is 3. The van der Waals surface area contributed by atoms with Crippen LogP contribution in [0.4, 0.5) is 5.69 Å². The molecule has 4 aromatic rings. The van der Waals surface area contributed by atoms with Gasteiger partial charge in [-0.15, -0.1) is 0 Å². The molecule has 0 aliphatic heterocycles. The molecule has 0 aliphatic carbocycles. The summed E-state index contributed by atoms with van der Waals surface area (Å²) in [5.41, 5.74) is 5.45. The fourth-order valence-corrected chi connectivity index (χ4v) is 3.48.